The molecule has 2 fully saturated rings. The van der Waals surface area contributed by atoms with E-state index in [1.54, 1.807) is 12.1 Å². The third-order valence-electron chi connectivity index (χ3n) is 5.26. The van der Waals surface area contributed by atoms with E-state index >= 15 is 0 Å². The van der Waals surface area contributed by atoms with Crippen LogP contribution in [0.4, 0.5) is 4.39 Å². The van der Waals surface area contributed by atoms with Gasteiger partial charge in [-0.15, -0.1) is 0 Å². The number of aryl methyl sites for hydroxylation is 1. The van der Waals surface area contributed by atoms with E-state index in [0.29, 0.717) is 5.41 Å². The quantitative estimate of drug-likeness (QED) is 0.845. The zero-order chi connectivity index (χ0) is 16.6. The van der Waals surface area contributed by atoms with Crippen molar-refractivity contribution in [2.75, 3.05) is 19.7 Å². The smallest absolute Gasteiger partial charge is 0.123 e. The molecule has 24 heavy (non-hydrogen) atoms. The molecule has 128 valence electrons. The monoisotopic (exact) mass is 329 g/mol. The van der Waals surface area contributed by atoms with Crippen LogP contribution < -0.4 is 0 Å². The van der Waals surface area contributed by atoms with Crippen LogP contribution >= 0.6 is 0 Å². The minimum atomic E-state index is -0.165. The zero-order valence-electron chi connectivity index (χ0n) is 14.1. The van der Waals surface area contributed by atoms with Gasteiger partial charge in [0.25, 0.3) is 0 Å². The van der Waals surface area contributed by atoms with E-state index in [2.05, 4.69) is 21.4 Å². The highest BCUT2D eigenvalue weighted by Gasteiger charge is 2.48. The normalized spacial score (nSPS) is 22.8. The Labute approximate surface area is 142 Å². The number of likely N-dealkylation sites (tertiary alicyclic amines) is 1. The first-order valence-electron chi connectivity index (χ1n) is 8.74. The standard InChI is InChI=1S/C19H24FN3O/c1-2-23-7-6-21-18(23)11-22-12-19(13-22)10-17(24-14-19)9-15-4-3-5-16(20)8-15/h3-8,17H,2,9-14H2,1H3/t17-/m0/s1. The zero-order valence-corrected chi connectivity index (χ0v) is 14.1. The van der Waals surface area contributed by atoms with Gasteiger partial charge in [0.05, 0.1) is 19.3 Å². The molecule has 0 unspecified atom stereocenters. The predicted molar refractivity (Wildman–Crippen MR) is 90.1 cm³/mol. The van der Waals surface area contributed by atoms with Crippen LogP contribution in [0.1, 0.15) is 24.7 Å². The van der Waals surface area contributed by atoms with Crippen LogP contribution in [0.25, 0.3) is 0 Å². The van der Waals surface area contributed by atoms with Crippen molar-refractivity contribution in [1.82, 2.24) is 14.5 Å². The van der Waals surface area contributed by atoms with E-state index < -0.39 is 0 Å². The van der Waals surface area contributed by atoms with E-state index in [1.807, 2.05) is 18.5 Å². The van der Waals surface area contributed by atoms with Crippen molar-refractivity contribution in [1.29, 1.82) is 0 Å². The van der Waals surface area contributed by atoms with Gasteiger partial charge in [-0.1, -0.05) is 12.1 Å². The summed E-state index contributed by atoms with van der Waals surface area (Å²) in [5, 5.41) is 0. The molecule has 1 atom stereocenters. The van der Waals surface area contributed by atoms with Crippen LogP contribution in [0.2, 0.25) is 0 Å². The molecule has 2 aliphatic heterocycles. The summed E-state index contributed by atoms with van der Waals surface area (Å²) in [6.07, 6.45) is 6.01. The molecule has 5 heteroatoms. The van der Waals surface area contributed by atoms with Crippen LogP contribution in [0.3, 0.4) is 0 Å². The molecule has 3 heterocycles. The summed E-state index contributed by atoms with van der Waals surface area (Å²) in [6.45, 7) is 6.99. The summed E-state index contributed by atoms with van der Waals surface area (Å²) in [7, 11) is 0. The lowest BCUT2D eigenvalue weighted by Gasteiger charge is -2.47. The van der Waals surface area contributed by atoms with Crippen LogP contribution in [-0.4, -0.2) is 40.3 Å². The number of hydrogen-bond acceptors (Lipinski definition) is 3. The molecule has 0 aliphatic carbocycles. The minimum Gasteiger partial charge on any atom is -0.377 e. The van der Waals surface area contributed by atoms with Crippen molar-refractivity contribution < 1.29 is 9.13 Å². The second-order valence-corrected chi connectivity index (χ2v) is 7.25. The van der Waals surface area contributed by atoms with E-state index in [0.717, 1.165) is 57.0 Å². The minimum absolute atomic E-state index is 0.165. The Bertz CT molecular complexity index is 708. The van der Waals surface area contributed by atoms with Gasteiger partial charge < -0.3 is 9.30 Å². The summed E-state index contributed by atoms with van der Waals surface area (Å²) in [5.74, 6) is 0.976. The molecule has 4 rings (SSSR count). The molecule has 1 aromatic heterocycles. The van der Waals surface area contributed by atoms with Crippen molar-refractivity contribution >= 4 is 0 Å². The number of halogens is 1. The van der Waals surface area contributed by atoms with Gasteiger partial charge in [-0.25, -0.2) is 9.37 Å². The first-order chi connectivity index (χ1) is 11.7. The molecule has 0 radical (unpaired) electrons. The molecule has 4 nitrogen and oxygen atoms in total. The lowest BCUT2D eigenvalue weighted by Crippen LogP contribution is -2.56. The third-order valence-corrected chi connectivity index (χ3v) is 5.26. The molecule has 2 aromatic rings. The molecular weight excluding hydrogens is 305 g/mol. The van der Waals surface area contributed by atoms with Gasteiger partial charge in [0, 0.05) is 37.4 Å². The first-order valence-corrected chi connectivity index (χ1v) is 8.74. The van der Waals surface area contributed by atoms with Crippen LogP contribution in [0, 0.1) is 11.2 Å². The SMILES string of the molecule is CCn1ccnc1CN1CC2(CO[C@@H](Cc3cccc(F)c3)C2)C1. The maximum atomic E-state index is 13.3. The average Bonchev–Trinajstić information content (AvgIpc) is 3.14. The Morgan fingerprint density at radius 3 is 3.04 bits per heavy atom. The van der Waals surface area contributed by atoms with Crippen molar-refractivity contribution in [3.63, 3.8) is 0 Å². The molecule has 0 amide bonds. The van der Waals surface area contributed by atoms with Gasteiger partial charge in [0.1, 0.15) is 11.6 Å². The lowest BCUT2D eigenvalue weighted by molar-refractivity contribution is -0.0160. The number of ether oxygens (including phenoxy) is 1. The number of rotatable bonds is 5. The van der Waals surface area contributed by atoms with Crippen molar-refractivity contribution in [2.24, 2.45) is 5.41 Å². The van der Waals surface area contributed by atoms with Crippen LogP contribution in [-0.2, 0) is 24.2 Å². The van der Waals surface area contributed by atoms with E-state index in [9.17, 15) is 4.39 Å². The number of nitrogens with zero attached hydrogens (tertiary/aromatic N) is 3. The van der Waals surface area contributed by atoms with Crippen molar-refractivity contribution in [3.8, 4) is 0 Å². The van der Waals surface area contributed by atoms with Gasteiger partial charge in [0.2, 0.25) is 0 Å². The van der Waals surface area contributed by atoms with Gasteiger partial charge >= 0.3 is 0 Å². The molecular formula is C19H24FN3O. The Kier molecular flexibility index (Phi) is 4.14. The van der Waals surface area contributed by atoms with Gasteiger partial charge in [-0.3, -0.25) is 4.90 Å². The fourth-order valence-electron chi connectivity index (χ4n) is 4.17. The Hall–Kier alpha value is -1.72. The maximum absolute atomic E-state index is 13.3. The number of benzene rings is 1. The molecule has 0 bridgehead atoms. The summed E-state index contributed by atoms with van der Waals surface area (Å²) >= 11 is 0. The fourth-order valence-corrected chi connectivity index (χ4v) is 4.17. The summed E-state index contributed by atoms with van der Waals surface area (Å²) < 4.78 is 21.5. The van der Waals surface area contributed by atoms with E-state index in [4.69, 9.17) is 4.74 Å². The first kappa shape index (κ1) is 15.8. The second kappa shape index (κ2) is 6.30. The molecule has 1 spiro atoms. The second-order valence-electron chi connectivity index (χ2n) is 7.25. The highest BCUT2D eigenvalue weighted by atomic mass is 19.1. The van der Waals surface area contributed by atoms with Crippen molar-refractivity contribution in [3.05, 3.63) is 53.9 Å². The summed E-state index contributed by atoms with van der Waals surface area (Å²) in [6, 6.07) is 6.86. The molecule has 2 aliphatic rings. The largest absolute Gasteiger partial charge is 0.377 e. The molecule has 0 saturated carbocycles. The average molecular weight is 329 g/mol. The number of aromatic nitrogens is 2. The Morgan fingerprint density at radius 2 is 2.25 bits per heavy atom. The summed E-state index contributed by atoms with van der Waals surface area (Å²) in [5.41, 5.74) is 1.32. The summed E-state index contributed by atoms with van der Waals surface area (Å²) in [4.78, 5) is 6.90. The van der Waals surface area contributed by atoms with E-state index in [-0.39, 0.29) is 11.9 Å². The lowest BCUT2D eigenvalue weighted by atomic mass is 9.77. The predicted octanol–water partition coefficient (Wildman–Crippen LogP) is 2.88. The Morgan fingerprint density at radius 1 is 1.38 bits per heavy atom. The number of imidazole rings is 1. The Balaban J connectivity index is 1.30. The highest BCUT2D eigenvalue weighted by molar-refractivity contribution is 5.18. The van der Waals surface area contributed by atoms with Crippen LogP contribution in [0.15, 0.2) is 36.7 Å². The highest BCUT2D eigenvalue weighted by Crippen LogP contribution is 2.42. The molecule has 2 saturated heterocycles. The molecule has 0 N–H and O–H groups in total. The van der Waals surface area contributed by atoms with Gasteiger partial charge in [-0.2, -0.15) is 0 Å². The number of hydrogen-bond donors (Lipinski definition) is 0. The third kappa shape index (κ3) is 3.10. The van der Waals surface area contributed by atoms with E-state index in [1.165, 1.54) is 6.07 Å². The fraction of sp³-hybridized carbons (Fsp3) is 0.526. The van der Waals surface area contributed by atoms with Gasteiger partial charge in [-0.05, 0) is 37.5 Å². The van der Waals surface area contributed by atoms with Gasteiger partial charge in [0.15, 0.2) is 0 Å². The van der Waals surface area contributed by atoms with Crippen LogP contribution in [0.5, 0.6) is 0 Å². The maximum Gasteiger partial charge on any atom is 0.123 e. The van der Waals surface area contributed by atoms with Crippen molar-refractivity contribution in [2.45, 2.75) is 39.0 Å². The topological polar surface area (TPSA) is 30.3 Å². The molecule has 1 aromatic carbocycles.